The third-order valence-electron chi connectivity index (χ3n) is 5.61. The normalized spacial score (nSPS) is 14.5. The van der Waals surface area contributed by atoms with Crippen LogP contribution in [-0.4, -0.2) is 46.8 Å². The molecule has 1 aliphatic rings. The lowest BCUT2D eigenvalue weighted by Gasteiger charge is -2.30. The molecule has 0 atom stereocenters. The van der Waals surface area contributed by atoms with E-state index in [4.69, 9.17) is 9.84 Å². The molecular weight excluding hydrogens is 378 g/mol. The number of aryl methyl sites for hydroxylation is 1. The van der Waals surface area contributed by atoms with E-state index in [2.05, 4.69) is 0 Å². The van der Waals surface area contributed by atoms with Crippen molar-refractivity contribution < 1.29 is 14.3 Å². The lowest BCUT2D eigenvalue weighted by atomic mass is 9.96. The largest absolute Gasteiger partial charge is 0.469 e. The molecule has 1 aliphatic heterocycles. The zero-order chi connectivity index (χ0) is 21.1. The Labute approximate surface area is 176 Å². The van der Waals surface area contributed by atoms with Crippen LogP contribution in [0.15, 0.2) is 60.8 Å². The number of hydrogen-bond acceptors (Lipinski definition) is 4. The molecule has 1 aromatic heterocycles. The first-order chi connectivity index (χ1) is 14.6. The number of methoxy groups -OCH3 is 1. The number of carbonyl (C=O) groups excluding carboxylic acids is 2. The van der Waals surface area contributed by atoms with E-state index in [1.165, 1.54) is 12.7 Å². The van der Waals surface area contributed by atoms with Crippen LogP contribution in [0.25, 0.3) is 16.9 Å². The lowest BCUT2D eigenvalue weighted by molar-refractivity contribution is -0.146. The highest BCUT2D eigenvalue weighted by Gasteiger charge is 2.30. The summed E-state index contributed by atoms with van der Waals surface area (Å²) < 4.78 is 6.61. The SMILES string of the molecule is COC(=O)C1CCN(C(=O)c2cn(-c3ccc(C)cc3)nc2-c2ccccc2)CC1. The molecule has 1 fully saturated rings. The Kier molecular flexibility index (Phi) is 5.65. The summed E-state index contributed by atoms with van der Waals surface area (Å²) in [5.41, 5.74) is 4.20. The lowest BCUT2D eigenvalue weighted by Crippen LogP contribution is -2.40. The molecule has 0 spiro atoms. The molecule has 2 aromatic carbocycles. The third kappa shape index (κ3) is 3.99. The van der Waals surface area contributed by atoms with Gasteiger partial charge in [-0.3, -0.25) is 9.59 Å². The Balaban J connectivity index is 1.65. The highest BCUT2D eigenvalue weighted by Crippen LogP contribution is 2.27. The van der Waals surface area contributed by atoms with Crippen molar-refractivity contribution in [2.45, 2.75) is 19.8 Å². The minimum atomic E-state index is -0.195. The summed E-state index contributed by atoms with van der Waals surface area (Å²) in [4.78, 5) is 27.0. The highest BCUT2D eigenvalue weighted by atomic mass is 16.5. The fourth-order valence-corrected chi connectivity index (χ4v) is 3.82. The van der Waals surface area contributed by atoms with Gasteiger partial charge < -0.3 is 9.64 Å². The van der Waals surface area contributed by atoms with Crippen molar-refractivity contribution >= 4 is 11.9 Å². The smallest absolute Gasteiger partial charge is 0.308 e. The van der Waals surface area contributed by atoms with Crippen LogP contribution >= 0.6 is 0 Å². The number of rotatable bonds is 4. The Morgan fingerprint density at radius 1 is 1.00 bits per heavy atom. The molecule has 154 valence electrons. The van der Waals surface area contributed by atoms with Crippen molar-refractivity contribution in [1.29, 1.82) is 0 Å². The Morgan fingerprint density at radius 3 is 2.30 bits per heavy atom. The molecule has 30 heavy (non-hydrogen) atoms. The van der Waals surface area contributed by atoms with E-state index in [-0.39, 0.29) is 17.8 Å². The number of hydrogen-bond donors (Lipinski definition) is 0. The summed E-state index contributed by atoms with van der Waals surface area (Å²) in [7, 11) is 1.41. The van der Waals surface area contributed by atoms with E-state index in [1.807, 2.05) is 72.6 Å². The Bertz CT molecular complexity index is 1030. The molecule has 1 saturated heterocycles. The summed E-state index contributed by atoms with van der Waals surface area (Å²) in [6.07, 6.45) is 3.04. The van der Waals surface area contributed by atoms with Crippen LogP contribution in [0.2, 0.25) is 0 Å². The van der Waals surface area contributed by atoms with Crippen LogP contribution in [-0.2, 0) is 9.53 Å². The predicted octanol–water partition coefficient (Wildman–Crippen LogP) is 3.87. The van der Waals surface area contributed by atoms with Crippen molar-refractivity contribution in [1.82, 2.24) is 14.7 Å². The van der Waals surface area contributed by atoms with Crippen molar-refractivity contribution in [3.63, 3.8) is 0 Å². The van der Waals surface area contributed by atoms with Crippen molar-refractivity contribution in [2.75, 3.05) is 20.2 Å². The molecule has 6 nitrogen and oxygen atoms in total. The van der Waals surface area contributed by atoms with E-state index in [9.17, 15) is 9.59 Å². The molecule has 4 rings (SSSR count). The minimum Gasteiger partial charge on any atom is -0.469 e. The van der Waals surface area contributed by atoms with E-state index < -0.39 is 0 Å². The molecule has 6 heteroatoms. The monoisotopic (exact) mass is 403 g/mol. The first-order valence-corrected chi connectivity index (χ1v) is 10.2. The van der Waals surface area contributed by atoms with Crippen LogP contribution in [0.5, 0.6) is 0 Å². The van der Waals surface area contributed by atoms with Gasteiger partial charge in [-0.25, -0.2) is 4.68 Å². The summed E-state index contributed by atoms with van der Waals surface area (Å²) in [5.74, 6) is -0.391. The van der Waals surface area contributed by atoms with Gasteiger partial charge in [0, 0.05) is 24.8 Å². The molecule has 0 radical (unpaired) electrons. The molecule has 0 unspecified atom stereocenters. The number of likely N-dealkylation sites (tertiary alicyclic amines) is 1. The quantitative estimate of drug-likeness (QED) is 0.621. The van der Waals surface area contributed by atoms with Crippen LogP contribution in [0.1, 0.15) is 28.8 Å². The maximum absolute atomic E-state index is 13.4. The van der Waals surface area contributed by atoms with Crippen molar-refractivity contribution in [3.05, 3.63) is 71.9 Å². The fourth-order valence-electron chi connectivity index (χ4n) is 3.82. The number of benzene rings is 2. The summed E-state index contributed by atoms with van der Waals surface area (Å²) >= 11 is 0. The van der Waals surface area contributed by atoms with Gasteiger partial charge >= 0.3 is 5.97 Å². The first-order valence-electron chi connectivity index (χ1n) is 10.2. The van der Waals surface area contributed by atoms with Crippen molar-refractivity contribution in [3.8, 4) is 16.9 Å². The molecule has 0 bridgehead atoms. The summed E-state index contributed by atoms with van der Waals surface area (Å²) in [6.45, 7) is 3.10. The average Bonchev–Trinajstić information content (AvgIpc) is 3.24. The highest BCUT2D eigenvalue weighted by molar-refractivity contribution is 6.00. The van der Waals surface area contributed by atoms with Gasteiger partial charge in [0.05, 0.1) is 24.3 Å². The van der Waals surface area contributed by atoms with Crippen molar-refractivity contribution in [2.24, 2.45) is 5.92 Å². The number of ether oxygens (including phenoxy) is 1. The number of carbonyl (C=O) groups is 2. The molecule has 0 aliphatic carbocycles. The van der Waals surface area contributed by atoms with Gasteiger partial charge in [0.1, 0.15) is 5.69 Å². The van der Waals surface area contributed by atoms with Gasteiger partial charge in [0.15, 0.2) is 0 Å². The first kappa shape index (κ1) is 19.9. The Hall–Kier alpha value is -3.41. The second-order valence-corrected chi connectivity index (χ2v) is 7.63. The van der Waals surface area contributed by atoms with Crippen LogP contribution in [0.3, 0.4) is 0 Å². The molecule has 3 aromatic rings. The second-order valence-electron chi connectivity index (χ2n) is 7.63. The molecule has 1 amide bonds. The molecule has 0 N–H and O–H groups in total. The van der Waals surface area contributed by atoms with Gasteiger partial charge in [-0.1, -0.05) is 48.0 Å². The van der Waals surface area contributed by atoms with Gasteiger partial charge in [0.2, 0.25) is 0 Å². The zero-order valence-electron chi connectivity index (χ0n) is 17.2. The predicted molar refractivity (Wildman–Crippen MR) is 114 cm³/mol. The number of piperidine rings is 1. The average molecular weight is 403 g/mol. The van der Waals surface area contributed by atoms with E-state index in [0.29, 0.717) is 37.2 Å². The maximum Gasteiger partial charge on any atom is 0.308 e. The second kappa shape index (κ2) is 8.53. The van der Waals surface area contributed by atoms with Crippen LogP contribution < -0.4 is 0 Å². The van der Waals surface area contributed by atoms with Crippen LogP contribution in [0.4, 0.5) is 0 Å². The number of nitrogens with zero attached hydrogens (tertiary/aromatic N) is 3. The van der Waals surface area contributed by atoms with Gasteiger partial charge in [-0.2, -0.15) is 5.10 Å². The minimum absolute atomic E-state index is 0.0597. The number of esters is 1. The fraction of sp³-hybridized carbons (Fsp3) is 0.292. The molecule has 0 saturated carbocycles. The van der Waals surface area contributed by atoms with E-state index in [0.717, 1.165) is 11.3 Å². The van der Waals surface area contributed by atoms with Gasteiger partial charge in [-0.15, -0.1) is 0 Å². The standard InChI is InChI=1S/C24H25N3O3/c1-17-8-10-20(11-9-17)27-16-21(22(25-27)18-6-4-3-5-7-18)23(28)26-14-12-19(13-15-26)24(29)30-2/h3-11,16,19H,12-15H2,1-2H3. The molecule has 2 heterocycles. The summed E-state index contributed by atoms with van der Waals surface area (Å²) in [6, 6.07) is 17.8. The number of aromatic nitrogens is 2. The Morgan fingerprint density at radius 2 is 1.67 bits per heavy atom. The molecular formula is C24H25N3O3. The van der Waals surface area contributed by atoms with Gasteiger partial charge in [0.25, 0.3) is 5.91 Å². The van der Waals surface area contributed by atoms with Crippen LogP contribution in [0, 0.1) is 12.8 Å². The van der Waals surface area contributed by atoms with E-state index in [1.54, 1.807) is 4.68 Å². The third-order valence-corrected chi connectivity index (χ3v) is 5.61. The number of amides is 1. The van der Waals surface area contributed by atoms with E-state index >= 15 is 0 Å². The maximum atomic E-state index is 13.4. The van der Waals surface area contributed by atoms with Gasteiger partial charge in [-0.05, 0) is 31.9 Å². The summed E-state index contributed by atoms with van der Waals surface area (Å²) in [5, 5.41) is 4.75. The topological polar surface area (TPSA) is 64.4 Å². The zero-order valence-corrected chi connectivity index (χ0v) is 17.2.